The molecule has 0 saturated carbocycles. The molecule has 0 amide bonds. The normalized spacial score (nSPS) is 12.2. The number of unbranched alkanes of at least 4 members (excludes halogenated alkanes) is 36. The Morgan fingerprint density at radius 3 is 0.842 bits per heavy atom. The molecule has 2 atom stereocenters. The molecule has 4 aromatic rings. The van der Waals surface area contributed by atoms with Crippen molar-refractivity contribution in [1.29, 1.82) is 0 Å². The first-order chi connectivity index (χ1) is 46.6. The van der Waals surface area contributed by atoms with E-state index in [9.17, 15) is 9.59 Å². The standard InChI is InChI=1S/C83H134O8P2S2/c1-7-11-15-19-25-33-41-49-73-53-61-77(62-54-73)88-92(94-71-47-39-31-23-27-35-43-51-81(84)86-69-45-37-29-21-17-13-9-3)90-79-65-57-75(58-66-79)83(5,6)76-59-67-80(68-60-76)91-93(89-78-63-55-74(56-64-78)50-42-34-26-20-16-12-8-2)95-72-48-40-32-24-28-36-44-52-82(85)87-70-46-38-30-22-18-14-10-4/h53-68H,7-52,69-72H2,1-6H3. The fourth-order valence-electron chi connectivity index (χ4n) is 11.9. The number of carbonyl (C=O) groups is 2. The van der Waals surface area contributed by atoms with Crippen molar-refractivity contribution in [2.75, 3.05) is 24.7 Å². The zero-order valence-corrected chi connectivity index (χ0v) is 64.5. The molecule has 0 aliphatic carbocycles. The number of rotatable bonds is 64. The largest absolute Gasteiger partial charge is 0.466 e. The highest BCUT2D eigenvalue weighted by Gasteiger charge is 2.25. The molecule has 0 N–H and O–H groups in total. The van der Waals surface area contributed by atoms with Gasteiger partial charge < -0.3 is 27.6 Å². The molecule has 0 aliphatic rings. The molecule has 0 aliphatic heterocycles. The van der Waals surface area contributed by atoms with Crippen LogP contribution in [0.5, 0.6) is 23.0 Å². The Labute approximate surface area is 592 Å². The van der Waals surface area contributed by atoms with Gasteiger partial charge in [-0.15, -0.1) is 0 Å². The van der Waals surface area contributed by atoms with Crippen LogP contribution in [0.15, 0.2) is 97.1 Å². The predicted molar refractivity (Wildman–Crippen MR) is 414 cm³/mol. The minimum absolute atomic E-state index is 0.0271. The second kappa shape index (κ2) is 57.3. The van der Waals surface area contributed by atoms with Crippen molar-refractivity contribution in [2.24, 2.45) is 0 Å². The Morgan fingerprint density at radius 2 is 0.547 bits per heavy atom. The van der Waals surface area contributed by atoms with E-state index in [2.05, 4.69) is 139 Å². The van der Waals surface area contributed by atoms with Gasteiger partial charge in [-0.05, 0) is 158 Å². The van der Waals surface area contributed by atoms with Crippen molar-refractivity contribution >= 4 is 49.9 Å². The molecule has 0 fully saturated rings. The van der Waals surface area contributed by atoms with Crippen LogP contribution in [-0.4, -0.2) is 36.7 Å². The highest BCUT2D eigenvalue weighted by molar-refractivity contribution is 8.53. The second-order valence-electron chi connectivity index (χ2n) is 27.3. The van der Waals surface area contributed by atoms with E-state index in [1.165, 1.54) is 215 Å². The van der Waals surface area contributed by atoms with E-state index in [1.54, 1.807) is 22.8 Å². The highest BCUT2D eigenvalue weighted by Crippen LogP contribution is 2.54. The van der Waals surface area contributed by atoms with Crippen LogP contribution in [0.25, 0.3) is 0 Å². The minimum atomic E-state index is -1.29. The van der Waals surface area contributed by atoms with Crippen molar-refractivity contribution in [2.45, 2.75) is 342 Å². The van der Waals surface area contributed by atoms with Crippen LogP contribution in [0.1, 0.15) is 346 Å². The predicted octanol–water partition coefficient (Wildman–Crippen LogP) is 28.3. The molecule has 12 heteroatoms. The zero-order valence-electron chi connectivity index (χ0n) is 61.1. The Balaban J connectivity index is 1.28. The zero-order chi connectivity index (χ0) is 67.8. The van der Waals surface area contributed by atoms with Crippen molar-refractivity contribution in [3.63, 3.8) is 0 Å². The first-order valence-electron chi connectivity index (χ1n) is 38.9. The number of hydrogen-bond acceptors (Lipinski definition) is 10. The molecule has 0 aromatic heterocycles. The van der Waals surface area contributed by atoms with Gasteiger partial charge in [0, 0.05) is 29.8 Å². The Kier molecular flexibility index (Phi) is 50.7. The summed E-state index contributed by atoms with van der Waals surface area (Å²) in [6.45, 7) is 14.8. The Bertz CT molecular complexity index is 2260. The maximum absolute atomic E-state index is 12.3. The lowest BCUT2D eigenvalue weighted by molar-refractivity contribution is -0.144. The molecule has 2 unspecified atom stereocenters. The van der Waals surface area contributed by atoms with E-state index in [4.69, 9.17) is 27.6 Å². The third-order valence-electron chi connectivity index (χ3n) is 18.3. The van der Waals surface area contributed by atoms with E-state index in [-0.39, 0.29) is 17.4 Å². The van der Waals surface area contributed by atoms with Crippen LogP contribution in [0.4, 0.5) is 0 Å². The van der Waals surface area contributed by atoms with Gasteiger partial charge in [-0.3, -0.25) is 9.59 Å². The molecule has 0 radical (unpaired) electrons. The molecule has 95 heavy (non-hydrogen) atoms. The second-order valence-corrected chi connectivity index (χ2v) is 33.6. The quantitative estimate of drug-likeness (QED) is 0.0242. The van der Waals surface area contributed by atoms with E-state index < -0.39 is 15.2 Å². The molecule has 536 valence electrons. The summed E-state index contributed by atoms with van der Waals surface area (Å²) in [6.07, 6.45) is 54.7. The number of aryl methyl sites for hydroxylation is 2. The SMILES string of the molecule is CCCCCCCCCOC(=O)CCCCCCCCCSP(Oc1ccc(CCCCCCCCC)cc1)Oc1ccc(C(C)(C)c2ccc(OP(Oc3ccc(CCCCCCCCC)cc3)SCCCCCCCCCC(=O)OCCCCCCCCC)cc2)cc1. The van der Waals surface area contributed by atoms with Gasteiger partial charge in [0.25, 0.3) is 0 Å². The molecule has 4 aromatic carbocycles. The fraction of sp³-hybridized carbons (Fsp3) is 0.687. The van der Waals surface area contributed by atoms with Gasteiger partial charge in [-0.25, -0.2) is 0 Å². The maximum atomic E-state index is 12.3. The maximum Gasteiger partial charge on any atom is 0.360 e. The average molecular weight is 1390 g/mol. The summed E-state index contributed by atoms with van der Waals surface area (Å²) in [4.78, 5) is 24.5. The minimum Gasteiger partial charge on any atom is -0.466 e. The highest BCUT2D eigenvalue weighted by atomic mass is 32.7. The van der Waals surface area contributed by atoms with Gasteiger partial charge in [0.1, 0.15) is 23.0 Å². The first-order valence-corrected chi connectivity index (χ1v) is 44.4. The molecule has 8 nitrogen and oxygen atoms in total. The average Bonchev–Trinajstić information content (AvgIpc) is 0.911. The lowest BCUT2D eigenvalue weighted by Crippen LogP contribution is -2.18. The van der Waals surface area contributed by atoms with Crippen LogP contribution in [0.2, 0.25) is 0 Å². The van der Waals surface area contributed by atoms with Gasteiger partial charge >= 0.3 is 27.1 Å². The molecule has 0 heterocycles. The van der Waals surface area contributed by atoms with E-state index >= 15 is 0 Å². The van der Waals surface area contributed by atoms with Crippen LogP contribution >= 0.6 is 37.9 Å². The van der Waals surface area contributed by atoms with Crippen LogP contribution in [0.3, 0.4) is 0 Å². The van der Waals surface area contributed by atoms with Gasteiger partial charge in [-0.1, -0.05) is 308 Å². The summed E-state index contributed by atoms with van der Waals surface area (Å²) in [5, 5.41) is 0. The van der Waals surface area contributed by atoms with Crippen molar-refractivity contribution < 1.29 is 37.2 Å². The summed E-state index contributed by atoms with van der Waals surface area (Å²) >= 11 is 3.60. The Hall–Kier alpha value is -3.42. The van der Waals surface area contributed by atoms with Crippen molar-refractivity contribution in [3.8, 4) is 23.0 Å². The summed E-state index contributed by atoms with van der Waals surface area (Å²) in [5.41, 5.74) is 4.88. The van der Waals surface area contributed by atoms with E-state index in [0.29, 0.717) is 26.1 Å². The van der Waals surface area contributed by atoms with Crippen molar-refractivity contribution in [1.82, 2.24) is 0 Å². The molecular weight excluding hydrogens is 1250 g/mol. The molecule has 0 saturated heterocycles. The molecule has 0 spiro atoms. The topological polar surface area (TPSA) is 89.5 Å². The number of benzene rings is 4. The third-order valence-corrected chi connectivity index (χ3v) is 24.4. The van der Waals surface area contributed by atoms with E-state index in [1.807, 2.05) is 0 Å². The number of hydrogen-bond donors (Lipinski definition) is 0. The molecular formula is C83H134O8P2S2. The van der Waals surface area contributed by atoms with E-state index in [0.717, 1.165) is 124 Å². The summed E-state index contributed by atoms with van der Waals surface area (Å²) in [5.74, 6) is 5.24. The van der Waals surface area contributed by atoms with Gasteiger partial charge in [0.05, 0.1) is 13.2 Å². The number of ether oxygens (including phenoxy) is 2. The van der Waals surface area contributed by atoms with Crippen molar-refractivity contribution in [3.05, 3.63) is 119 Å². The number of carbonyl (C=O) groups excluding carboxylic acids is 2. The lowest BCUT2D eigenvalue weighted by atomic mass is 9.78. The molecule has 4 rings (SSSR count). The monoisotopic (exact) mass is 1380 g/mol. The third kappa shape index (κ3) is 43.0. The molecule has 0 bridgehead atoms. The fourth-order valence-corrected chi connectivity index (χ4v) is 17.7. The number of esters is 2. The van der Waals surface area contributed by atoms with Gasteiger partial charge in [0.15, 0.2) is 0 Å². The lowest BCUT2D eigenvalue weighted by Gasteiger charge is -2.27. The Morgan fingerprint density at radius 1 is 0.305 bits per heavy atom. The van der Waals surface area contributed by atoms with Crippen LogP contribution < -0.4 is 18.1 Å². The van der Waals surface area contributed by atoms with Gasteiger partial charge in [-0.2, -0.15) is 0 Å². The summed E-state index contributed by atoms with van der Waals surface area (Å²) < 4.78 is 37.9. The summed E-state index contributed by atoms with van der Waals surface area (Å²) in [7, 11) is -2.58. The van der Waals surface area contributed by atoms with Gasteiger partial charge in [0.2, 0.25) is 0 Å². The summed E-state index contributed by atoms with van der Waals surface area (Å²) in [6, 6.07) is 34.7. The van der Waals surface area contributed by atoms with Crippen LogP contribution in [0, 0.1) is 0 Å². The van der Waals surface area contributed by atoms with Crippen LogP contribution in [-0.2, 0) is 37.3 Å². The smallest absolute Gasteiger partial charge is 0.360 e. The first kappa shape index (κ1) is 84.0.